The van der Waals surface area contributed by atoms with E-state index in [-0.39, 0.29) is 16.2 Å². The first-order valence-corrected chi connectivity index (χ1v) is 8.47. The van der Waals surface area contributed by atoms with E-state index >= 15 is 0 Å². The summed E-state index contributed by atoms with van der Waals surface area (Å²) < 4.78 is 18.6. The predicted octanol–water partition coefficient (Wildman–Crippen LogP) is 4.39. The lowest BCUT2D eigenvalue weighted by Crippen LogP contribution is -2.33. The van der Waals surface area contributed by atoms with Crippen LogP contribution in [0, 0.1) is 5.82 Å². The van der Waals surface area contributed by atoms with Gasteiger partial charge in [0.2, 0.25) is 0 Å². The first-order chi connectivity index (χ1) is 10.6. The van der Waals surface area contributed by atoms with Crippen LogP contribution in [-0.2, 0) is 0 Å². The van der Waals surface area contributed by atoms with Gasteiger partial charge in [-0.25, -0.2) is 4.39 Å². The summed E-state index contributed by atoms with van der Waals surface area (Å²) >= 11 is 7.77. The number of thioether (sulfide) groups is 1. The van der Waals surface area contributed by atoms with Gasteiger partial charge in [0, 0.05) is 18.8 Å². The molecule has 22 heavy (non-hydrogen) atoms. The van der Waals surface area contributed by atoms with Crippen LogP contribution in [0.5, 0.6) is 0 Å². The second-order valence-corrected chi connectivity index (χ2v) is 6.80. The second kappa shape index (κ2) is 6.75. The van der Waals surface area contributed by atoms with Crippen molar-refractivity contribution in [1.82, 2.24) is 4.90 Å². The van der Waals surface area contributed by atoms with E-state index in [1.807, 2.05) is 12.1 Å². The van der Waals surface area contributed by atoms with Crippen molar-refractivity contribution in [2.24, 2.45) is 0 Å². The fraction of sp³-hybridized carbons (Fsp3) is 0.312. The highest BCUT2D eigenvalue weighted by Gasteiger charge is 2.25. The molecule has 1 amide bonds. The van der Waals surface area contributed by atoms with Gasteiger partial charge in [-0.3, -0.25) is 4.79 Å². The molecule has 3 rings (SSSR count). The van der Waals surface area contributed by atoms with Crippen molar-refractivity contribution in [1.29, 1.82) is 0 Å². The van der Waals surface area contributed by atoms with Gasteiger partial charge >= 0.3 is 0 Å². The molecule has 116 valence electrons. The van der Waals surface area contributed by atoms with E-state index in [0.29, 0.717) is 18.7 Å². The van der Waals surface area contributed by atoms with Gasteiger partial charge in [-0.05, 0) is 36.8 Å². The Morgan fingerprint density at radius 2 is 2.23 bits per heavy atom. The van der Waals surface area contributed by atoms with Gasteiger partial charge in [0.25, 0.3) is 5.91 Å². The van der Waals surface area contributed by atoms with Crippen LogP contribution >= 0.6 is 23.4 Å². The average Bonchev–Trinajstić information content (AvgIpc) is 2.91. The van der Waals surface area contributed by atoms with Crippen molar-refractivity contribution in [2.75, 3.05) is 18.8 Å². The average molecular weight is 340 g/mol. The van der Waals surface area contributed by atoms with Crippen LogP contribution in [0.4, 0.5) is 4.39 Å². The van der Waals surface area contributed by atoms with Gasteiger partial charge in [-0.15, -0.1) is 11.8 Å². The maximum Gasteiger partial charge on any atom is 0.255 e. The quantitative estimate of drug-likeness (QED) is 0.813. The molecule has 1 atom stereocenters. The highest BCUT2D eigenvalue weighted by Crippen LogP contribution is 2.35. The van der Waals surface area contributed by atoms with Crippen molar-refractivity contribution < 1.29 is 13.6 Å². The number of amides is 1. The molecule has 0 radical (unpaired) electrons. The molecular weight excluding hydrogens is 325 g/mol. The molecule has 6 heteroatoms. The van der Waals surface area contributed by atoms with Crippen LogP contribution in [-0.4, -0.2) is 29.6 Å². The highest BCUT2D eigenvalue weighted by molar-refractivity contribution is 7.99. The van der Waals surface area contributed by atoms with E-state index in [2.05, 4.69) is 0 Å². The molecule has 0 aliphatic carbocycles. The van der Waals surface area contributed by atoms with Gasteiger partial charge in [0.05, 0.1) is 22.1 Å². The summed E-state index contributed by atoms with van der Waals surface area (Å²) in [6.07, 6.45) is 2.49. The standard InChI is InChI=1S/C16H15ClFNO2S/c17-13-10-11(18)3-4-12(13)16(20)19-6-5-15(22-9-7-19)14-2-1-8-21-14/h1-4,8,10,15H,5-7,9H2. The third-order valence-electron chi connectivity index (χ3n) is 3.65. The number of carbonyl (C=O) groups excluding carboxylic acids is 1. The Hall–Kier alpha value is -1.46. The maximum atomic E-state index is 13.1. The molecule has 1 fully saturated rings. The summed E-state index contributed by atoms with van der Waals surface area (Å²) in [5.74, 6) is 1.19. The highest BCUT2D eigenvalue weighted by atomic mass is 35.5. The molecule has 0 spiro atoms. The van der Waals surface area contributed by atoms with Gasteiger partial charge in [-0.2, -0.15) is 0 Å². The van der Waals surface area contributed by atoms with Crippen LogP contribution in [0.25, 0.3) is 0 Å². The topological polar surface area (TPSA) is 33.5 Å². The smallest absolute Gasteiger partial charge is 0.255 e. The van der Waals surface area contributed by atoms with Crippen molar-refractivity contribution in [3.8, 4) is 0 Å². The normalized spacial score (nSPS) is 19.0. The molecule has 1 aliphatic rings. The largest absolute Gasteiger partial charge is 0.468 e. The number of nitrogens with zero attached hydrogens (tertiary/aromatic N) is 1. The first kappa shape index (κ1) is 15.4. The first-order valence-electron chi connectivity index (χ1n) is 7.04. The molecule has 0 saturated carbocycles. The Morgan fingerprint density at radius 3 is 2.95 bits per heavy atom. The molecule has 1 saturated heterocycles. The van der Waals surface area contributed by atoms with Crippen LogP contribution in [0.3, 0.4) is 0 Å². The zero-order chi connectivity index (χ0) is 15.5. The van der Waals surface area contributed by atoms with Crippen LogP contribution in [0.2, 0.25) is 5.02 Å². The van der Waals surface area contributed by atoms with E-state index in [0.717, 1.165) is 17.9 Å². The molecular formula is C16H15ClFNO2S. The number of hydrogen-bond donors (Lipinski definition) is 0. The molecule has 2 heterocycles. The minimum absolute atomic E-state index is 0.148. The lowest BCUT2D eigenvalue weighted by Gasteiger charge is -2.20. The third kappa shape index (κ3) is 3.31. The molecule has 0 N–H and O–H groups in total. The zero-order valence-corrected chi connectivity index (χ0v) is 13.4. The van der Waals surface area contributed by atoms with E-state index in [9.17, 15) is 9.18 Å². The summed E-state index contributed by atoms with van der Waals surface area (Å²) in [6, 6.07) is 7.72. The number of carbonyl (C=O) groups is 1. The van der Waals surface area contributed by atoms with Crippen LogP contribution in [0.15, 0.2) is 41.0 Å². The van der Waals surface area contributed by atoms with Crippen molar-refractivity contribution in [3.05, 3.63) is 58.8 Å². The molecule has 2 aromatic rings. The molecule has 1 aromatic carbocycles. The number of hydrogen-bond acceptors (Lipinski definition) is 3. The Balaban J connectivity index is 1.71. The number of benzene rings is 1. The number of halogens is 2. The Kier molecular flexibility index (Phi) is 4.74. The van der Waals surface area contributed by atoms with Crippen LogP contribution in [0.1, 0.15) is 27.8 Å². The van der Waals surface area contributed by atoms with Crippen molar-refractivity contribution in [2.45, 2.75) is 11.7 Å². The number of rotatable bonds is 2. The van der Waals surface area contributed by atoms with E-state index < -0.39 is 5.82 Å². The van der Waals surface area contributed by atoms with E-state index in [4.69, 9.17) is 16.0 Å². The predicted molar refractivity (Wildman–Crippen MR) is 85.8 cm³/mol. The second-order valence-electron chi connectivity index (χ2n) is 5.08. The summed E-state index contributed by atoms with van der Waals surface area (Å²) in [5.41, 5.74) is 0.351. The van der Waals surface area contributed by atoms with Gasteiger partial charge in [-0.1, -0.05) is 11.6 Å². The van der Waals surface area contributed by atoms with Crippen molar-refractivity contribution >= 4 is 29.3 Å². The van der Waals surface area contributed by atoms with Gasteiger partial charge in [0.15, 0.2) is 0 Å². The lowest BCUT2D eigenvalue weighted by molar-refractivity contribution is 0.0766. The zero-order valence-electron chi connectivity index (χ0n) is 11.8. The Morgan fingerprint density at radius 1 is 1.36 bits per heavy atom. The minimum atomic E-state index is -0.439. The molecule has 1 aromatic heterocycles. The Labute approximate surface area is 137 Å². The van der Waals surface area contributed by atoms with Crippen molar-refractivity contribution in [3.63, 3.8) is 0 Å². The molecule has 1 unspecified atom stereocenters. The lowest BCUT2D eigenvalue weighted by atomic mass is 10.1. The SMILES string of the molecule is O=C(c1ccc(F)cc1Cl)N1CCSC(c2ccco2)CC1. The minimum Gasteiger partial charge on any atom is -0.468 e. The van der Waals surface area contributed by atoms with Crippen LogP contribution < -0.4 is 0 Å². The number of furan rings is 1. The molecule has 0 bridgehead atoms. The fourth-order valence-electron chi connectivity index (χ4n) is 2.51. The Bertz CT molecular complexity index is 662. The summed E-state index contributed by atoms with van der Waals surface area (Å²) in [5, 5.41) is 0.418. The third-order valence-corrected chi connectivity index (χ3v) is 5.25. The van der Waals surface area contributed by atoms with E-state index in [1.165, 1.54) is 18.2 Å². The monoisotopic (exact) mass is 339 g/mol. The summed E-state index contributed by atoms with van der Waals surface area (Å²) in [4.78, 5) is 14.3. The maximum absolute atomic E-state index is 13.1. The van der Waals surface area contributed by atoms with E-state index in [1.54, 1.807) is 22.9 Å². The molecule has 1 aliphatic heterocycles. The fourth-order valence-corrected chi connectivity index (χ4v) is 3.94. The van der Waals surface area contributed by atoms with Gasteiger partial charge < -0.3 is 9.32 Å². The summed E-state index contributed by atoms with van der Waals surface area (Å²) in [6.45, 7) is 1.28. The molecule has 3 nitrogen and oxygen atoms in total. The summed E-state index contributed by atoms with van der Waals surface area (Å²) in [7, 11) is 0. The van der Waals surface area contributed by atoms with Gasteiger partial charge in [0.1, 0.15) is 11.6 Å².